The number of anilines is 1. The van der Waals surface area contributed by atoms with Crippen molar-refractivity contribution in [2.24, 2.45) is 5.73 Å². The van der Waals surface area contributed by atoms with E-state index in [1.807, 2.05) is 25.1 Å². The molecule has 0 unspecified atom stereocenters. The Morgan fingerprint density at radius 1 is 1.45 bits per heavy atom. The first-order valence-electron chi connectivity index (χ1n) is 6.05. The Morgan fingerprint density at radius 2 is 2.25 bits per heavy atom. The molecular weight excluding hydrogens is 274 g/mol. The molecule has 1 heterocycles. The van der Waals surface area contributed by atoms with Crippen molar-refractivity contribution in [3.05, 3.63) is 52.3 Å². The first-order valence-corrected chi connectivity index (χ1v) is 6.43. The molecule has 5 heteroatoms. The van der Waals surface area contributed by atoms with E-state index in [4.69, 9.17) is 17.3 Å². The van der Waals surface area contributed by atoms with Gasteiger partial charge in [-0.15, -0.1) is 0 Å². The van der Waals surface area contributed by atoms with Crippen LogP contribution in [-0.4, -0.2) is 17.4 Å². The zero-order valence-electron chi connectivity index (χ0n) is 11.0. The molecule has 0 aliphatic rings. The maximum atomic E-state index is 12.1. The molecule has 0 saturated heterocycles. The predicted octanol–water partition coefficient (Wildman–Crippen LogP) is 2.54. The number of carbonyl (C=O) groups excluding carboxylic acids is 1. The van der Waals surface area contributed by atoms with Crippen molar-refractivity contribution < 1.29 is 4.79 Å². The molecule has 0 bridgehead atoms. The molecule has 2 rings (SSSR count). The van der Waals surface area contributed by atoms with E-state index in [1.165, 1.54) is 0 Å². The van der Waals surface area contributed by atoms with Gasteiger partial charge in [0.05, 0.1) is 17.3 Å². The first-order chi connectivity index (χ1) is 9.60. The Labute approximate surface area is 122 Å². The Bertz CT molecular complexity index is 695. The van der Waals surface area contributed by atoms with Crippen LogP contribution < -0.4 is 11.1 Å². The summed E-state index contributed by atoms with van der Waals surface area (Å²) in [6.07, 6.45) is 1.56. The molecule has 0 aliphatic heterocycles. The number of nitrogens with two attached hydrogens (primary N) is 1. The highest BCUT2D eigenvalue weighted by molar-refractivity contribution is 6.31. The van der Waals surface area contributed by atoms with Gasteiger partial charge in [-0.25, -0.2) is 0 Å². The maximum Gasteiger partial charge on any atom is 0.272 e. The molecule has 4 nitrogen and oxygen atoms in total. The van der Waals surface area contributed by atoms with E-state index in [0.29, 0.717) is 16.4 Å². The van der Waals surface area contributed by atoms with Crippen molar-refractivity contribution in [1.82, 2.24) is 4.98 Å². The first kappa shape index (κ1) is 14.2. The van der Waals surface area contributed by atoms with Crippen molar-refractivity contribution in [3.8, 4) is 11.8 Å². The molecule has 1 aromatic heterocycles. The van der Waals surface area contributed by atoms with Gasteiger partial charge >= 0.3 is 0 Å². The number of amides is 1. The quantitative estimate of drug-likeness (QED) is 0.743. The summed E-state index contributed by atoms with van der Waals surface area (Å²) in [5.74, 6) is 5.47. The smallest absolute Gasteiger partial charge is 0.272 e. The largest absolute Gasteiger partial charge is 0.356 e. The molecule has 0 fully saturated rings. The number of H-pyrrole nitrogens is 1. The van der Waals surface area contributed by atoms with Crippen LogP contribution in [0.15, 0.2) is 30.5 Å². The Morgan fingerprint density at radius 3 is 2.90 bits per heavy atom. The lowest BCUT2D eigenvalue weighted by Gasteiger charge is -2.07. The van der Waals surface area contributed by atoms with Crippen molar-refractivity contribution in [1.29, 1.82) is 0 Å². The summed E-state index contributed by atoms with van der Waals surface area (Å²) >= 11 is 5.78. The van der Waals surface area contributed by atoms with Crippen LogP contribution in [0.4, 0.5) is 5.69 Å². The molecule has 0 spiro atoms. The van der Waals surface area contributed by atoms with Gasteiger partial charge in [-0.3, -0.25) is 4.79 Å². The van der Waals surface area contributed by atoms with E-state index in [0.717, 1.165) is 11.1 Å². The van der Waals surface area contributed by atoms with Gasteiger partial charge in [0.25, 0.3) is 5.91 Å². The summed E-state index contributed by atoms with van der Waals surface area (Å²) in [6, 6.07) is 7.19. The summed E-state index contributed by atoms with van der Waals surface area (Å²) in [5, 5.41) is 3.29. The summed E-state index contributed by atoms with van der Waals surface area (Å²) in [6.45, 7) is 2.23. The minimum atomic E-state index is -0.267. The SMILES string of the molecule is Cc1ccc(NC(=O)c2cc(Cl)c[nH]2)c(C#CCN)c1. The van der Waals surface area contributed by atoms with E-state index < -0.39 is 0 Å². The van der Waals surface area contributed by atoms with Gasteiger partial charge in [0, 0.05) is 11.8 Å². The van der Waals surface area contributed by atoms with Gasteiger partial charge in [0.1, 0.15) is 5.69 Å². The molecular formula is C15H14ClN3O. The van der Waals surface area contributed by atoms with Crippen LogP contribution in [0.25, 0.3) is 0 Å². The second-order valence-electron chi connectivity index (χ2n) is 4.24. The molecule has 4 N–H and O–H groups in total. The number of hydrogen-bond acceptors (Lipinski definition) is 2. The molecule has 0 radical (unpaired) electrons. The highest BCUT2D eigenvalue weighted by Crippen LogP contribution is 2.18. The number of nitrogens with one attached hydrogen (secondary N) is 2. The maximum absolute atomic E-state index is 12.1. The standard InChI is InChI=1S/C15H14ClN3O/c1-10-4-5-13(11(7-10)3-2-6-17)19-15(20)14-8-12(16)9-18-14/h4-5,7-9,18H,6,17H2,1H3,(H,19,20). The monoisotopic (exact) mass is 287 g/mol. The van der Waals surface area contributed by atoms with Gasteiger partial charge in [0.2, 0.25) is 0 Å². The van der Waals surface area contributed by atoms with Crippen LogP contribution in [0.2, 0.25) is 5.02 Å². The third-order valence-electron chi connectivity index (χ3n) is 2.64. The number of aromatic nitrogens is 1. The van der Waals surface area contributed by atoms with Crippen LogP contribution in [0.5, 0.6) is 0 Å². The lowest BCUT2D eigenvalue weighted by Crippen LogP contribution is -2.13. The van der Waals surface area contributed by atoms with Crippen LogP contribution >= 0.6 is 11.6 Å². The van der Waals surface area contributed by atoms with Crippen molar-refractivity contribution in [2.75, 3.05) is 11.9 Å². The second kappa shape index (κ2) is 6.29. The van der Waals surface area contributed by atoms with Gasteiger partial charge < -0.3 is 16.0 Å². The molecule has 102 valence electrons. The van der Waals surface area contributed by atoms with Crippen LogP contribution in [0.3, 0.4) is 0 Å². The average molecular weight is 288 g/mol. The lowest BCUT2D eigenvalue weighted by atomic mass is 10.1. The number of aryl methyl sites for hydroxylation is 1. The van der Waals surface area contributed by atoms with Gasteiger partial charge in [0.15, 0.2) is 0 Å². The van der Waals surface area contributed by atoms with Crippen LogP contribution in [-0.2, 0) is 0 Å². The fourth-order valence-electron chi connectivity index (χ4n) is 1.71. The molecule has 20 heavy (non-hydrogen) atoms. The van der Waals surface area contributed by atoms with E-state index in [9.17, 15) is 4.79 Å². The molecule has 2 aromatic rings. The number of carbonyl (C=O) groups is 1. The minimum absolute atomic E-state index is 0.267. The fourth-order valence-corrected chi connectivity index (χ4v) is 1.87. The average Bonchev–Trinajstić information content (AvgIpc) is 2.85. The van der Waals surface area contributed by atoms with Crippen LogP contribution in [0, 0.1) is 18.8 Å². The number of halogens is 1. The molecule has 1 aromatic carbocycles. The van der Waals surface area contributed by atoms with E-state index >= 15 is 0 Å². The zero-order chi connectivity index (χ0) is 14.5. The molecule has 0 atom stereocenters. The van der Waals surface area contributed by atoms with Gasteiger partial charge in [-0.2, -0.15) is 0 Å². The second-order valence-corrected chi connectivity index (χ2v) is 4.68. The molecule has 0 aliphatic carbocycles. The Hall–Kier alpha value is -2.22. The third kappa shape index (κ3) is 3.41. The van der Waals surface area contributed by atoms with Crippen molar-refractivity contribution in [3.63, 3.8) is 0 Å². The zero-order valence-corrected chi connectivity index (χ0v) is 11.7. The molecule has 1 amide bonds. The van der Waals surface area contributed by atoms with E-state index in [2.05, 4.69) is 22.1 Å². The number of benzene rings is 1. The summed E-state index contributed by atoms with van der Waals surface area (Å²) in [4.78, 5) is 14.9. The summed E-state index contributed by atoms with van der Waals surface area (Å²) in [5.41, 5.74) is 8.22. The highest BCUT2D eigenvalue weighted by atomic mass is 35.5. The minimum Gasteiger partial charge on any atom is -0.356 e. The molecule has 0 saturated carbocycles. The Balaban J connectivity index is 2.26. The van der Waals surface area contributed by atoms with E-state index in [1.54, 1.807) is 12.3 Å². The number of hydrogen-bond donors (Lipinski definition) is 3. The lowest BCUT2D eigenvalue weighted by molar-refractivity contribution is 0.102. The van der Waals surface area contributed by atoms with Crippen LogP contribution in [0.1, 0.15) is 21.6 Å². The van der Waals surface area contributed by atoms with Gasteiger partial charge in [-0.05, 0) is 30.7 Å². The third-order valence-corrected chi connectivity index (χ3v) is 2.86. The van der Waals surface area contributed by atoms with E-state index in [-0.39, 0.29) is 12.5 Å². The number of aromatic amines is 1. The topological polar surface area (TPSA) is 70.9 Å². The Kier molecular flexibility index (Phi) is 4.46. The highest BCUT2D eigenvalue weighted by Gasteiger charge is 2.10. The number of rotatable bonds is 2. The normalized spacial score (nSPS) is 9.75. The van der Waals surface area contributed by atoms with Crippen molar-refractivity contribution in [2.45, 2.75) is 6.92 Å². The van der Waals surface area contributed by atoms with Crippen molar-refractivity contribution >= 4 is 23.2 Å². The summed E-state index contributed by atoms with van der Waals surface area (Å²) < 4.78 is 0. The fraction of sp³-hybridized carbons (Fsp3) is 0.133. The predicted molar refractivity (Wildman–Crippen MR) is 80.9 cm³/mol. The summed E-state index contributed by atoms with van der Waals surface area (Å²) in [7, 11) is 0. The van der Waals surface area contributed by atoms with Gasteiger partial charge in [-0.1, -0.05) is 29.5 Å².